The molecule has 6 heteroatoms. The van der Waals surface area contributed by atoms with Crippen LogP contribution in [0.1, 0.15) is 16.8 Å². The highest BCUT2D eigenvalue weighted by molar-refractivity contribution is 6.33. The predicted molar refractivity (Wildman–Crippen MR) is 74.5 cm³/mol. The van der Waals surface area contributed by atoms with Crippen molar-refractivity contribution in [3.05, 3.63) is 70.6 Å². The fraction of sp³-hybridized carbons (Fsp3) is 0.133. The van der Waals surface area contributed by atoms with Crippen molar-refractivity contribution >= 4 is 17.2 Å². The molecule has 108 valence electrons. The third-order valence-corrected chi connectivity index (χ3v) is 3.42. The Balaban J connectivity index is 1.93. The fourth-order valence-corrected chi connectivity index (χ4v) is 2.39. The molecule has 0 radical (unpaired) electrons. The van der Waals surface area contributed by atoms with Gasteiger partial charge in [-0.3, -0.25) is 0 Å². The van der Waals surface area contributed by atoms with Gasteiger partial charge in [0.15, 0.2) is 5.65 Å². The van der Waals surface area contributed by atoms with Crippen molar-refractivity contribution in [2.45, 2.75) is 12.6 Å². The van der Waals surface area contributed by atoms with Crippen LogP contribution in [0.25, 0.3) is 5.65 Å². The second-order valence-corrected chi connectivity index (χ2v) is 5.10. The van der Waals surface area contributed by atoms with Crippen molar-refractivity contribution in [3.8, 4) is 0 Å². The number of hydrogen-bond donors (Lipinski definition) is 0. The summed E-state index contributed by atoms with van der Waals surface area (Å²) < 4.78 is 39.8. The molecule has 3 aromatic rings. The molecule has 1 aromatic carbocycles. The van der Waals surface area contributed by atoms with Crippen molar-refractivity contribution in [2.75, 3.05) is 0 Å². The summed E-state index contributed by atoms with van der Waals surface area (Å²) >= 11 is 6.03. The smallest absolute Gasteiger partial charge is 0.306 e. The molecule has 0 fully saturated rings. The molecule has 0 saturated carbocycles. The number of aromatic nitrogens is 2. The summed E-state index contributed by atoms with van der Waals surface area (Å²) in [6.07, 6.45) is -0.453. The molecule has 0 spiro atoms. The normalized spacial score (nSPS) is 12.0. The third-order valence-electron chi connectivity index (χ3n) is 3.12. The van der Waals surface area contributed by atoms with E-state index in [1.54, 1.807) is 35.0 Å². The summed E-state index contributed by atoms with van der Waals surface area (Å²) in [5.74, 6) is 0. The summed E-state index contributed by atoms with van der Waals surface area (Å²) in [5.41, 5.74) is 1.18. The Morgan fingerprint density at radius 3 is 2.67 bits per heavy atom. The van der Waals surface area contributed by atoms with E-state index in [4.69, 9.17) is 11.6 Å². The van der Waals surface area contributed by atoms with Gasteiger partial charge in [0.1, 0.15) is 0 Å². The van der Waals surface area contributed by atoms with E-state index in [0.717, 1.165) is 12.1 Å². The summed E-state index contributed by atoms with van der Waals surface area (Å²) in [7, 11) is 0. The quantitative estimate of drug-likeness (QED) is 0.676. The molecule has 0 aliphatic rings. The maximum Gasteiger partial charge on any atom is 0.416 e. The number of halogens is 4. The molecule has 2 nitrogen and oxygen atoms in total. The van der Waals surface area contributed by atoms with Crippen molar-refractivity contribution in [2.24, 2.45) is 0 Å². The number of nitrogens with zero attached hydrogens (tertiary/aromatic N) is 2. The lowest BCUT2D eigenvalue weighted by atomic mass is 10.1. The molecule has 2 heterocycles. The van der Waals surface area contributed by atoms with E-state index < -0.39 is 11.7 Å². The first-order valence-corrected chi connectivity index (χ1v) is 6.59. The lowest BCUT2D eigenvalue weighted by Gasteiger charge is -2.07. The second kappa shape index (κ2) is 5.07. The van der Waals surface area contributed by atoms with E-state index in [1.165, 1.54) is 6.07 Å². The van der Waals surface area contributed by atoms with E-state index >= 15 is 0 Å². The maximum atomic E-state index is 12.7. The van der Waals surface area contributed by atoms with Crippen LogP contribution in [0.15, 0.2) is 48.8 Å². The largest absolute Gasteiger partial charge is 0.416 e. The lowest BCUT2D eigenvalue weighted by molar-refractivity contribution is -0.137. The Morgan fingerprint density at radius 2 is 1.95 bits per heavy atom. The van der Waals surface area contributed by atoms with E-state index in [-0.39, 0.29) is 0 Å². The van der Waals surface area contributed by atoms with Crippen LogP contribution in [0.2, 0.25) is 5.02 Å². The highest BCUT2D eigenvalue weighted by Crippen LogP contribution is 2.30. The number of rotatable bonds is 2. The van der Waals surface area contributed by atoms with Crippen molar-refractivity contribution < 1.29 is 13.2 Å². The highest BCUT2D eigenvalue weighted by Gasteiger charge is 2.30. The van der Waals surface area contributed by atoms with Gasteiger partial charge in [-0.15, -0.1) is 0 Å². The third kappa shape index (κ3) is 2.88. The molecule has 0 N–H and O–H groups in total. The van der Waals surface area contributed by atoms with E-state index in [1.807, 2.05) is 0 Å². The molecule has 2 aromatic heterocycles. The SMILES string of the molecule is FC(F)(F)c1cccc(Cc2cn3cccc(Cl)c3n2)c1. The molecule has 0 atom stereocenters. The molecule has 3 rings (SSSR count). The average Bonchev–Trinajstić information content (AvgIpc) is 2.82. The Hall–Kier alpha value is -2.01. The monoisotopic (exact) mass is 310 g/mol. The Morgan fingerprint density at radius 1 is 1.14 bits per heavy atom. The molecular weight excluding hydrogens is 301 g/mol. The van der Waals surface area contributed by atoms with Gasteiger partial charge in [-0.25, -0.2) is 4.98 Å². The Labute approximate surface area is 123 Å². The number of benzene rings is 1. The van der Waals surface area contributed by atoms with Crippen molar-refractivity contribution in [1.29, 1.82) is 0 Å². The van der Waals surface area contributed by atoms with Gasteiger partial charge < -0.3 is 4.40 Å². The Bertz CT molecular complexity index is 793. The molecular formula is C15H10ClF3N2. The average molecular weight is 311 g/mol. The Kier molecular flexibility index (Phi) is 3.37. The van der Waals surface area contributed by atoms with E-state index in [0.29, 0.717) is 28.3 Å². The summed E-state index contributed by atoms with van der Waals surface area (Å²) in [5, 5.41) is 0.507. The zero-order valence-electron chi connectivity index (χ0n) is 10.7. The van der Waals surface area contributed by atoms with Crippen LogP contribution < -0.4 is 0 Å². The van der Waals surface area contributed by atoms with Gasteiger partial charge in [-0.1, -0.05) is 29.8 Å². The number of alkyl halides is 3. The molecule has 0 amide bonds. The predicted octanol–water partition coefficient (Wildman–Crippen LogP) is 4.60. The van der Waals surface area contributed by atoms with Crippen LogP contribution >= 0.6 is 11.6 Å². The molecule has 21 heavy (non-hydrogen) atoms. The number of fused-ring (bicyclic) bond motifs is 1. The standard InChI is InChI=1S/C15H10ClF3N2/c16-13-5-2-6-21-9-12(20-14(13)21)8-10-3-1-4-11(7-10)15(17,18)19/h1-7,9H,8H2. The van der Waals surface area contributed by atoms with Crippen LogP contribution in [0, 0.1) is 0 Å². The van der Waals surface area contributed by atoms with Crippen LogP contribution in [0.3, 0.4) is 0 Å². The minimum atomic E-state index is -4.34. The maximum absolute atomic E-state index is 12.7. The molecule has 0 bridgehead atoms. The van der Waals surface area contributed by atoms with Crippen LogP contribution in [0.5, 0.6) is 0 Å². The van der Waals surface area contributed by atoms with Gasteiger partial charge in [-0.05, 0) is 23.8 Å². The van der Waals surface area contributed by atoms with Gasteiger partial charge in [0.25, 0.3) is 0 Å². The zero-order valence-corrected chi connectivity index (χ0v) is 11.5. The number of hydrogen-bond acceptors (Lipinski definition) is 1. The van der Waals surface area contributed by atoms with Gasteiger partial charge in [-0.2, -0.15) is 13.2 Å². The number of imidazole rings is 1. The topological polar surface area (TPSA) is 17.3 Å². The van der Waals surface area contributed by atoms with Gasteiger partial charge >= 0.3 is 6.18 Å². The molecule has 0 saturated heterocycles. The zero-order chi connectivity index (χ0) is 15.0. The minimum Gasteiger partial charge on any atom is -0.306 e. The van der Waals surface area contributed by atoms with Crippen molar-refractivity contribution in [1.82, 2.24) is 9.38 Å². The first kappa shape index (κ1) is 13.9. The van der Waals surface area contributed by atoms with E-state index in [2.05, 4.69) is 4.98 Å². The summed E-state index contributed by atoms with van der Waals surface area (Å²) in [6.45, 7) is 0. The molecule has 0 aliphatic carbocycles. The first-order valence-electron chi connectivity index (χ1n) is 6.22. The first-order chi connectivity index (χ1) is 9.93. The van der Waals surface area contributed by atoms with Gasteiger partial charge in [0.2, 0.25) is 0 Å². The second-order valence-electron chi connectivity index (χ2n) is 4.69. The lowest BCUT2D eigenvalue weighted by Crippen LogP contribution is -2.05. The van der Waals surface area contributed by atoms with Crippen LogP contribution in [0.4, 0.5) is 13.2 Å². The van der Waals surface area contributed by atoms with Crippen LogP contribution in [-0.4, -0.2) is 9.38 Å². The van der Waals surface area contributed by atoms with Crippen molar-refractivity contribution in [3.63, 3.8) is 0 Å². The summed E-state index contributed by atoms with van der Waals surface area (Å²) in [4.78, 5) is 4.35. The fourth-order valence-electron chi connectivity index (χ4n) is 2.18. The number of pyridine rings is 1. The van der Waals surface area contributed by atoms with Crippen LogP contribution in [-0.2, 0) is 12.6 Å². The molecule has 0 unspecified atom stereocenters. The summed E-state index contributed by atoms with van der Waals surface area (Å²) in [6, 6.07) is 8.76. The minimum absolute atomic E-state index is 0.321. The highest BCUT2D eigenvalue weighted by atomic mass is 35.5. The molecule has 0 aliphatic heterocycles. The van der Waals surface area contributed by atoms with Gasteiger partial charge in [0.05, 0.1) is 16.3 Å². The van der Waals surface area contributed by atoms with Gasteiger partial charge in [0, 0.05) is 18.8 Å². The van der Waals surface area contributed by atoms with E-state index in [9.17, 15) is 13.2 Å².